The topological polar surface area (TPSA) is 57.4 Å². The first-order valence-electron chi connectivity index (χ1n) is 4.79. The summed E-state index contributed by atoms with van der Waals surface area (Å²) in [7, 11) is 0. The smallest absolute Gasteiger partial charge is 0.237 e. The van der Waals surface area contributed by atoms with Gasteiger partial charge in [0.25, 0.3) is 0 Å². The fraction of sp³-hybridized carbons (Fsp3) is 0.500. The third-order valence-corrected chi connectivity index (χ3v) is 1.92. The summed E-state index contributed by atoms with van der Waals surface area (Å²) in [6.45, 7) is 5.00. The summed E-state index contributed by atoms with van der Waals surface area (Å²) < 4.78 is 10.7. The Labute approximate surface area is 94.3 Å². The highest BCUT2D eigenvalue weighted by atomic mass is 35.5. The number of hydrogen-bond acceptors (Lipinski definition) is 4. The van der Waals surface area contributed by atoms with Crippen LogP contribution in [0.25, 0.3) is 0 Å². The van der Waals surface area contributed by atoms with Gasteiger partial charge in [0.1, 0.15) is 6.10 Å². The first-order valence-corrected chi connectivity index (χ1v) is 5.16. The van der Waals surface area contributed by atoms with Gasteiger partial charge in [-0.15, -0.1) is 0 Å². The molecule has 1 heterocycles. The molecule has 0 spiro atoms. The van der Waals surface area contributed by atoms with Gasteiger partial charge < -0.3 is 15.2 Å². The summed E-state index contributed by atoms with van der Waals surface area (Å²) in [5.41, 5.74) is 6.12. The van der Waals surface area contributed by atoms with Gasteiger partial charge in [-0.2, -0.15) is 0 Å². The van der Waals surface area contributed by atoms with Crippen molar-refractivity contribution in [2.75, 3.05) is 18.9 Å². The molecule has 1 unspecified atom stereocenters. The van der Waals surface area contributed by atoms with E-state index >= 15 is 0 Å². The van der Waals surface area contributed by atoms with Crippen LogP contribution in [0.5, 0.6) is 5.88 Å². The molecule has 1 aromatic heterocycles. The van der Waals surface area contributed by atoms with Gasteiger partial charge >= 0.3 is 0 Å². The van der Waals surface area contributed by atoms with Crippen LogP contribution < -0.4 is 10.5 Å². The van der Waals surface area contributed by atoms with E-state index in [9.17, 15) is 0 Å². The van der Waals surface area contributed by atoms with E-state index in [0.29, 0.717) is 29.8 Å². The number of pyridine rings is 1. The highest BCUT2D eigenvalue weighted by molar-refractivity contribution is 6.30. The highest BCUT2D eigenvalue weighted by Gasteiger charge is 2.08. The Kier molecular flexibility index (Phi) is 4.65. The van der Waals surface area contributed by atoms with Crippen molar-refractivity contribution >= 4 is 17.3 Å². The maximum absolute atomic E-state index is 5.71. The SMILES string of the molecule is CCOCC(C)Oc1ncc(Cl)cc1N. The lowest BCUT2D eigenvalue weighted by molar-refractivity contribution is 0.0638. The Morgan fingerprint density at radius 1 is 1.60 bits per heavy atom. The Bertz CT molecular complexity index is 320. The monoisotopic (exact) mass is 230 g/mol. The molecular formula is C10H15ClN2O2. The molecule has 0 amide bonds. The number of ether oxygens (including phenoxy) is 2. The molecule has 0 bridgehead atoms. The van der Waals surface area contributed by atoms with Gasteiger partial charge in [-0.3, -0.25) is 0 Å². The summed E-state index contributed by atoms with van der Waals surface area (Å²) >= 11 is 5.71. The van der Waals surface area contributed by atoms with E-state index in [1.165, 1.54) is 6.20 Å². The highest BCUT2D eigenvalue weighted by Crippen LogP contribution is 2.22. The first kappa shape index (κ1) is 12.1. The van der Waals surface area contributed by atoms with Crippen LogP contribution in [0.15, 0.2) is 12.3 Å². The van der Waals surface area contributed by atoms with Crippen molar-refractivity contribution < 1.29 is 9.47 Å². The molecule has 84 valence electrons. The van der Waals surface area contributed by atoms with Crippen LogP contribution in [0.2, 0.25) is 5.02 Å². The molecule has 0 aliphatic heterocycles. The lowest BCUT2D eigenvalue weighted by Crippen LogP contribution is -2.20. The maximum atomic E-state index is 5.71. The van der Waals surface area contributed by atoms with Gasteiger partial charge in [-0.05, 0) is 19.9 Å². The van der Waals surface area contributed by atoms with Crippen LogP contribution in [0.3, 0.4) is 0 Å². The summed E-state index contributed by atoms with van der Waals surface area (Å²) in [6, 6.07) is 1.61. The number of aromatic nitrogens is 1. The fourth-order valence-electron chi connectivity index (χ4n) is 1.05. The molecule has 0 radical (unpaired) electrons. The molecule has 1 rings (SSSR count). The lowest BCUT2D eigenvalue weighted by atomic mass is 10.4. The van der Waals surface area contributed by atoms with E-state index in [1.807, 2.05) is 13.8 Å². The van der Waals surface area contributed by atoms with E-state index in [0.717, 1.165) is 0 Å². The predicted octanol–water partition coefficient (Wildman–Crippen LogP) is 2.12. The zero-order valence-corrected chi connectivity index (χ0v) is 9.62. The second-order valence-corrected chi connectivity index (χ2v) is 3.57. The van der Waals surface area contributed by atoms with Crippen molar-refractivity contribution in [1.29, 1.82) is 0 Å². The van der Waals surface area contributed by atoms with E-state index in [1.54, 1.807) is 6.07 Å². The summed E-state index contributed by atoms with van der Waals surface area (Å²) in [5, 5.41) is 0.498. The average Bonchev–Trinajstić information content (AvgIpc) is 2.19. The Morgan fingerprint density at radius 2 is 2.33 bits per heavy atom. The predicted molar refractivity (Wildman–Crippen MR) is 60.2 cm³/mol. The number of hydrogen-bond donors (Lipinski definition) is 1. The van der Waals surface area contributed by atoms with Gasteiger partial charge in [-0.1, -0.05) is 11.6 Å². The normalized spacial score (nSPS) is 12.5. The number of rotatable bonds is 5. The van der Waals surface area contributed by atoms with Crippen LogP contribution in [-0.2, 0) is 4.74 Å². The molecule has 1 atom stereocenters. The molecule has 0 aliphatic carbocycles. The molecule has 15 heavy (non-hydrogen) atoms. The summed E-state index contributed by atoms with van der Waals surface area (Å²) in [4.78, 5) is 3.99. The minimum atomic E-state index is -0.0825. The number of nitrogens with two attached hydrogens (primary N) is 1. The molecular weight excluding hydrogens is 216 g/mol. The van der Waals surface area contributed by atoms with E-state index in [-0.39, 0.29) is 6.10 Å². The average molecular weight is 231 g/mol. The van der Waals surface area contributed by atoms with Gasteiger partial charge in [0.2, 0.25) is 5.88 Å². The lowest BCUT2D eigenvalue weighted by Gasteiger charge is -2.14. The maximum Gasteiger partial charge on any atom is 0.237 e. The van der Waals surface area contributed by atoms with Crippen LogP contribution in [0.1, 0.15) is 13.8 Å². The van der Waals surface area contributed by atoms with Crippen molar-refractivity contribution in [2.45, 2.75) is 20.0 Å². The molecule has 1 aromatic rings. The molecule has 0 fully saturated rings. The molecule has 0 saturated carbocycles. The standard InChI is InChI=1S/C10H15ClN2O2/c1-3-14-6-7(2)15-10-9(12)4-8(11)5-13-10/h4-5,7H,3,6,12H2,1-2H3. The van der Waals surface area contributed by atoms with Gasteiger partial charge in [0.15, 0.2) is 0 Å². The zero-order valence-electron chi connectivity index (χ0n) is 8.87. The summed E-state index contributed by atoms with van der Waals surface area (Å²) in [6.07, 6.45) is 1.42. The van der Waals surface area contributed by atoms with E-state index in [4.69, 9.17) is 26.8 Å². The van der Waals surface area contributed by atoms with Crippen molar-refractivity contribution in [2.24, 2.45) is 0 Å². The largest absolute Gasteiger partial charge is 0.471 e. The number of anilines is 1. The van der Waals surface area contributed by atoms with Crippen molar-refractivity contribution in [3.8, 4) is 5.88 Å². The second kappa shape index (κ2) is 5.78. The van der Waals surface area contributed by atoms with Crippen LogP contribution in [0, 0.1) is 0 Å². The van der Waals surface area contributed by atoms with Gasteiger partial charge in [0.05, 0.1) is 17.3 Å². The van der Waals surface area contributed by atoms with Crippen molar-refractivity contribution in [3.05, 3.63) is 17.3 Å². The zero-order chi connectivity index (χ0) is 11.3. The molecule has 0 aliphatic rings. The third-order valence-electron chi connectivity index (χ3n) is 1.71. The van der Waals surface area contributed by atoms with Gasteiger partial charge in [0, 0.05) is 12.8 Å². The van der Waals surface area contributed by atoms with Crippen LogP contribution >= 0.6 is 11.6 Å². The Balaban J connectivity index is 2.56. The van der Waals surface area contributed by atoms with Crippen LogP contribution in [-0.4, -0.2) is 24.3 Å². The molecule has 0 saturated heterocycles. The van der Waals surface area contributed by atoms with E-state index < -0.39 is 0 Å². The minimum Gasteiger partial charge on any atom is -0.471 e. The minimum absolute atomic E-state index is 0.0825. The number of halogens is 1. The van der Waals surface area contributed by atoms with E-state index in [2.05, 4.69) is 4.98 Å². The fourth-order valence-corrected chi connectivity index (χ4v) is 1.22. The van der Waals surface area contributed by atoms with Gasteiger partial charge in [-0.25, -0.2) is 4.98 Å². The Hall–Kier alpha value is -1.00. The Morgan fingerprint density at radius 3 is 2.93 bits per heavy atom. The number of nitrogen functional groups attached to an aromatic ring is 1. The molecule has 4 nitrogen and oxygen atoms in total. The molecule has 0 aromatic carbocycles. The summed E-state index contributed by atoms with van der Waals surface area (Å²) in [5.74, 6) is 0.395. The quantitative estimate of drug-likeness (QED) is 0.842. The first-order chi connectivity index (χ1) is 7.13. The van der Waals surface area contributed by atoms with Crippen molar-refractivity contribution in [1.82, 2.24) is 4.98 Å². The third kappa shape index (κ3) is 3.93. The second-order valence-electron chi connectivity index (χ2n) is 3.14. The van der Waals surface area contributed by atoms with Crippen molar-refractivity contribution in [3.63, 3.8) is 0 Å². The van der Waals surface area contributed by atoms with Crippen LogP contribution in [0.4, 0.5) is 5.69 Å². The molecule has 5 heteroatoms. The molecule has 2 N–H and O–H groups in total. The number of nitrogens with zero attached hydrogens (tertiary/aromatic N) is 1.